The Hall–Kier alpha value is -2.29. The Kier molecular flexibility index (Phi) is 4.96. The van der Waals surface area contributed by atoms with Crippen LogP contribution in [0.25, 0.3) is 11.1 Å². The van der Waals surface area contributed by atoms with E-state index in [0.29, 0.717) is 0 Å². The Balaban J connectivity index is 1.91. The highest BCUT2D eigenvalue weighted by molar-refractivity contribution is 5.83. The fourth-order valence-corrected chi connectivity index (χ4v) is 2.89. The molecule has 0 unspecified atom stereocenters. The summed E-state index contributed by atoms with van der Waals surface area (Å²) in [6, 6.07) is 16.9. The average molecular weight is 308 g/mol. The Morgan fingerprint density at radius 1 is 1.04 bits per heavy atom. The van der Waals surface area contributed by atoms with E-state index in [1.165, 1.54) is 16.8 Å². The molecule has 1 aliphatic rings. The number of benzene rings is 2. The fourth-order valence-electron chi connectivity index (χ4n) is 2.89. The first-order chi connectivity index (χ1) is 11.3. The Labute approximate surface area is 138 Å². The normalized spacial score (nSPS) is 14.0. The minimum absolute atomic E-state index is 0.745. The summed E-state index contributed by atoms with van der Waals surface area (Å²) in [6.45, 7) is 6.82. The Bertz CT molecular complexity index is 694. The van der Waals surface area contributed by atoms with Gasteiger partial charge < -0.3 is 4.74 Å². The maximum absolute atomic E-state index is 5.94. The lowest BCUT2D eigenvalue weighted by Gasteiger charge is -2.18. The van der Waals surface area contributed by atoms with Crippen molar-refractivity contribution in [3.05, 3.63) is 54.1 Å². The van der Waals surface area contributed by atoms with Crippen LogP contribution < -0.4 is 4.74 Å². The summed E-state index contributed by atoms with van der Waals surface area (Å²) in [5.74, 6) is 0.961. The molecule has 0 saturated heterocycles. The molecule has 0 aromatic heterocycles. The molecule has 2 aromatic rings. The van der Waals surface area contributed by atoms with Crippen molar-refractivity contribution in [2.24, 2.45) is 5.10 Å². The van der Waals surface area contributed by atoms with E-state index in [9.17, 15) is 0 Å². The summed E-state index contributed by atoms with van der Waals surface area (Å²) in [7, 11) is 0. The monoisotopic (exact) mass is 308 g/mol. The van der Waals surface area contributed by atoms with Gasteiger partial charge in [-0.2, -0.15) is 5.10 Å². The van der Waals surface area contributed by atoms with Crippen molar-refractivity contribution in [1.29, 1.82) is 0 Å². The topological polar surface area (TPSA) is 24.8 Å². The third kappa shape index (κ3) is 3.73. The van der Waals surface area contributed by atoms with E-state index >= 15 is 0 Å². The molecule has 0 radical (unpaired) electrons. The zero-order valence-corrected chi connectivity index (χ0v) is 14.0. The van der Waals surface area contributed by atoms with E-state index in [1.54, 1.807) is 0 Å². The highest BCUT2D eigenvalue weighted by atomic mass is 16.5. The average Bonchev–Trinajstić information content (AvgIpc) is 2.99. The van der Waals surface area contributed by atoms with Gasteiger partial charge in [-0.15, -0.1) is 0 Å². The van der Waals surface area contributed by atoms with Crippen LogP contribution in [0.1, 0.15) is 32.3 Å². The van der Waals surface area contributed by atoms with Crippen molar-refractivity contribution >= 4 is 5.71 Å². The third-order valence-electron chi connectivity index (χ3n) is 4.05. The zero-order chi connectivity index (χ0) is 16.1. The number of hydrogen-bond acceptors (Lipinski definition) is 3. The molecule has 0 fully saturated rings. The molecule has 3 nitrogen and oxygen atoms in total. The van der Waals surface area contributed by atoms with Crippen molar-refractivity contribution in [3.8, 4) is 16.9 Å². The third-order valence-corrected chi connectivity index (χ3v) is 4.05. The molecule has 1 heterocycles. The van der Waals surface area contributed by atoms with Gasteiger partial charge in [-0.3, -0.25) is 5.01 Å². The second kappa shape index (κ2) is 7.32. The molecule has 0 saturated carbocycles. The zero-order valence-electron chi connectivity index (χ0n) is 14.0. The van der Waals surface area contributed by atoms with Gasteiger partial charge in [0.25, 0.3) is 0 Å². The standard InChI is InChI=1S/C20H24N2O/c1-3-14-23-20-11-7-6-10-19(20)18-9-5-4-8-17(18)15-22-13-12-16(2)21-22/h4-11H,3,12-15H2,1-2H3. The fraction of sp³-hybridized carbons (Fsp3) is 0.350. The van der Waals surface area contributed by atoms with Crippen molar-refractivity contribution in [3.63, 3.8) is 0 Å². The lowest BCUT2D eigenvalue weighted by Crippen LogP contribution is -2.14. The predicted molar refractivity (Wildman–Crippen MR) is 95.8 cm³/mol. The Morgan fingerprint density at radius 2 is 1.78 bits per heavy atom. The summed E-state index contributed by atoms with van der Waals surface area (Å²) >= 11 is 0. The maximum atomic E-state index is 5.94. The van der Waals surface area contributed by atoms with Crippen LogP contribution in [0, 0.1) is 0 Å². The molecule has 0 bridgehead atoms. The van der Waals surface area contributed by atoms with E-state index in [1.807, 2.05) is 6.07 Å². The highest BCUT2D eigenvalue weighted by Gasteiger charge is 2.15. The highest BCUT2D eigenvalue weighted by Crippen LogP contribution is 2.33. The van der Waals surface area contributed by atoms with E-state index < -0.39 is 0 Å². The number of hydrazone groups is 1. The van der Waals surface area contributed by atoms with Gasteiger partial charge in [0.1, 0.15) is 5.75 Å². The molecule has 120 valence electrons. The maximum Gasteiger partial charge on any atom is 0.127 e. The first kappa shape index (κ1) is 15.6. The minimum atomic E-state index is 0.745. The molecule has 2 aromatic carbocycles. The van der Waals surface area contributed by atoms with Gasteiger partial charge in [0, 0.05) is 24.2 Å². The SMILES string of the molecule is CCCOc1ccccc1-c1ccccc1CN1CCC(C)=N1. The molecular weight excluding hydrogens is 284 g/mol. The number of ether oxygens (including phenoxy) is 1. The van der Waals surface area contributed by atoms with Crippen LogP contribution in [-0.4, -0.2) is 23.9 Å². The quantitative estimate of drug-likeness (QED) is 0.771. The van der Waals surface area contributed by atoms with Crippen LogP contribution in [0.3, 0.4) is 0 Å². The molecule has 0 atom stereocenters. The van der Waals surface area contributed by atoms with Crippen molar-refractivity contribution in [2.45, 2.75) is 33.2 Å². The van der Waals surface area contributed by atoms with Gasteiger partial charge >= 0.3 is 0 Å². The Morgan fingerprint density at radius 3 is 2.52 bits per heavy atom. The van der Waals surface area contributed by atoms with Gasteiger partial charge in [-0.05, 0) is 30.5 Å². The second-order valence-electron chi connectivity index (χ2n) is 5.98. The number of para-hydroxylation sites is 1. The molecule has 1 aliphatic heterocycles. The predicted octanol–water partition coefficient (Wildman–Crippen LogP) is 4.72. The van der Waals surface area contributed by atoms with Gasteiger partial charge in [-0.25, -0.2) is 0 Å². The largest absolute Gasteiger partial charge is 0.493 e. The molecule has 0 amide bonds. The summed E-state index contributed by atoms with van der Waals surface area (Å²) in [6.07, 6.45) is 2.08. The van der Waals surface area contributed by atoms with Gasteiger partial charge in [0.15, 0.2) is 0 Å². The molecule has 0 spiro atoms. The van der Waals surface area contributed by atoms with Crippen molar-refractivity contribution < 1.29 is 4.74 Å². The van der Waals surface area contributed by atoms with E-state index in [-0.39, 0.29) is 0 Å². The summed E-state index contributed by atoms with van der Waals surface area (Å²) in [5, 5.41) is 6.77. The van der Waals surface area contributed by atoms with Crippen molar-refractivity contribution in [2.75, 3.05) is 13.2 Å². The number of nitrogens with zero attached hydrogens (tertiary/aromatic N) is 2. The molecule has 0 aliphatic carbocycles. The van der Waals surface area contributed by atoms with Crippen LogP contribution in [0.4, 0.5) is 0 Å². The lowest BCUT2D eigenvalue weighted by molar-refractivity contribution is 0.310. The van der Waals surface area contributed by atoms with E-state index in [2.05, 4.69) is 66.4 Å². The first-order valence-corrected chi connectivity index (χ1v) is 8.37. The molecular formula is C20H24N2O. The van der Waals surface area contributed by atoms with Gasteiger partial charge in [0.2, 0.25) is 0 Å². The van der Waals surface area contributed by atoms with Crippen molar-refractivity contribution in [1.82, 2.24) is 5.01 Å². The van der Waals surface area contributed by atoms with Gasteiger partial charge in [-0.1, -0.05) is 49.4 Å². The van der Waals surface area contributed by atoms with Crippen LogP contribution in [0.15, 0.2) is 53.6 Å². The van der Waals surface area contributed by atoms with Crippen LogP contribution >= 0.6 is 0 Å². The number of rotatable bonds is 6. The molecule has 3 heteroatoms. The molecule has 0 N–H and O–H groups in total. The summed E-state index contributed by atoms with van der Waals surface area (Å²) in [5.41, 5.74) is 4.91. The van der Waals surface area contributed by atoms with Gasteiger partial charge in [0.05, 0.1) is 13.2 Å². The molecule has 23 heavy (non-hydrogen) atoms. The minimum Gasteiger partial charge on any atom is -0.493 e. The van der Waals surface area contributed by atoms with Crippen LogP contribution in [0.2, 0.25) is 0 Å². The lowest BCUT2D eigenvalue weighted by atomic mass is 9.98. The van der Waals surface area contributed by atoms with Crippen LogP contribution in [0.5, 0.6) is 5.75 Å². The van der Waals surface area contributed by atoms with Crippen LogP contribution in [-0.2, 0) is 6.54 Å². The van der Waals surface area contributed by atoms with E-state index in [4.69, 9.17) is 4.74 Å². The summed E-state index contributed by atoms with van der Waals surface area (Å²) < 4.78 is 5.94. The second-order valence-corrected chi connectivity index (χ2v) is 5.98. The number of hydrogen-bond donors (Lipinski definition) is 0. The first-order valence-electron chi connectivity index (χ1n) is 8.37. The smallest absolute Gasteiger partial charge is 0.127 e. The summed E-state index contributed by atoms with van der Waals surface area (Å²) in [4.78, 5) is 0. The molecule has 3 rings (SSSR count). The van der Waals surface area contributed by atoms with E-state index in [0.717, 1.165) is 43.9 Å².